The molecule has 0 amide bonds. The average Bonchev–Trinajstić information content (AvgIpc) is 2.81. The standard InChI is InChI=1S/C26H29NO2/c28-25(24(21-13-5-1-6-14-21)27-19-11-4-12-20-27)26(29,22-15-7-2-8-16-22)23-17-9-3-10-18-23/h1-3,5-10,13-18,24-25,28-29H,4,11-12,19-20H2/t24-,25+/m0/s1. The fraction of sp³-hybridized carbons (Fsp3) is 0.308. The molecule has 3 nitrogen and oxygen atoms in total. The zero-order chi connectivity index (χ0) is 20.1. The molecule has 0 bridgehead atoms. The second kappa shape index (κ2) is 8.91. The van der Waals surface area contributed by atoms with Gasteiger partial charge in [-0.3, -0.25) is 4.90 Å². The first-order chi connectivity index (χ1) is 14.2. The Morgan fingerprint density at radius 1 is 0.655 bits per heavy atom. The molecule has 0 radical (unpaired) electrons. The van der Waals surface area contributed by atoms with Gasteiger partial charge in [-0.05, 0) is 42.6 Å². The lowest BCUT2D eigenvalue weighted by molar-refractivity contribution is -0.0958. The fourth-order valence-corrected chi connectivity index (χ4v) is 4.56. The first kappa shape index (κ1) is 19.8. The molecule has 0 aromatic heterocycles. The number of aliphatic hydroxyl groups excluding tert-OH is 1. The highest BCUT2D eigenvalue weighted by atomic mass is 16.3. The second-order valence-corrected chi connectivity index (χ2v) is 7.90. The highest BCUT2D eigenvalue weighted by Crippen LogP contribution is 2.41. The molecule has 3 aromatic rings. The monoisotopic (exact) mass is 387 g/mol. The van der Waals surface area contributed by atoms with Gasteiger partial charge in [0, 0.05) is 0 Å². The van der Waals surface area contributed by atoms with Gasteiger partial charge in [0.2, 0.25) is 0 Å². The highest BCUT2D eigenvalue weighted by Gasteiger charge is 2.45. The number of likely N-dealkylation sites (tertiary alicyclic amines) is 1. The Labute approximate surface area is 173 Å². The van der Waals surface area contributed by atoms with E-state index in [0.29, 0.717) is 11.1 Å². The Kier molecular flexibility index (Phi) is 6.10. The van der Waals surface area contributed by atoms with Crippen LogP contribution in [0, 0.1) is 0 Å². The number of aliphatic hydroxyl groups is 2. The van der Waals surface area contributed by atoms with Crippen LogP contribution < -0.4 is 0 Å². The van der Waals surface area contributed by atoms with E-state index in [1.54, 1.807) is 0 Å². The third-order valence-corrected chi connectivity index (χ3v) is 6.08. The molecule has 1 fully saturated rings. The fourth-order valence-electron chi connectivity index (χ4n) is 4.56. The summed E-state index contributed by atoms with van der Waals surface area (Å²) in [5, 5.41) is 24.0. The summed E-state index contributed by atoms with van der Waals surface area (Å²) in [4.78, 5) is 2.33. The number of nitrogens with zero attached hydrogens (tertiary/aromatic N) is 1. The lowest BCUT2D eigenvalue weighted by Crippen LogP contribution is -2.50. The maximum Gasteiger partial charge on any atom is 0.142 e. The Bertz CT molecular complexity index is 837. The van der Waals surface area contributed by atoms with Crippen LogP contribution >= 0.6 is 0 Å². The lowest BCUT2D eigenvalue weighted by Gasteiger charge is -2.44. The number of rotatable bonds is 6. The average molecular weight is 388 g/mol. The van der Waals surface area contributed by atoms with Crippen molar-refractivity contribution in [1.82, 2.24) is 4.90 Å². The summed E-state index contributed by atoms with van der Waals surface area (Å²) < 4.78 is 0. The molecule has 0 unspecified atom stereocenters. The minimum atomic E-state index is -1.51. The van der Waals surface area contributed by atoms with Crippen molar-refractivity contribution in [3.63, 3.8) is 0 Å². The molecule has 150 valence electrons. The van der Waals surface area contributed by atoms with Gasteiger partial charge in [-0.1, -0.05) is 97.4 Å². The summed E-state index contributed by atoms with van der Waals surface area (Å²) in [7, 11) is 0. The molecule has 3 aromatic carbocycles. The maximum absolute atomic E-state index is 12.1. The van der Waals surface area contributed by atoms with E-state index in [-0.39, 0.29) is 6.04 Å². The molecule has 0 spiro atoms. The van der Waals surface area contributed by atoms with Crippen molar-refractivity contribution in [3.05, 3.63) is 108 Å². The van der Waals surface area contributed by atoms with Crippen molar-refractivity contribution in [2.24, 2.45) is 0 Å². The highest BCUT2D eigenvalue weighted by molar-refractivity contribution is 5.39. The van der Waals surface area contributed by atoms with Gasteiger partial charge >= 0.3 is 0 Å². The summed E-state index contributed by atoms with van der Waals surface area (Å²) in [5.74, 6) is 0. The first-order valence-corrected chi connectivity index (χ1v) is 10.5. The van der Waals surface area contributed by atoms with Gasteiger partial charge in [0.1, 0.15) is 11.7 Å². The smallest absolute Gasteiger partial charge is 0.142 e. The molecule has 2 N–H and O–H groups in total. The van der Waals surface area contributed by atoms with E-state index in [1.807, 2.05) is 78.9 Å². The molecule has 4 rings (SSSR count). The minimum absolute atomic E-state index is 0.290. The van der Waals surface area contributed by atoms with Crippen LogP contribution in [0.4, 0.5) is 0 Å². The third kappa shape index (κ3) is 3.99. The molecule has 1 aliphatic heterocycles. The quantitative estimate of drug-likeness (QED) is 0.654. The van der Waals surface area contributed by atoms with E-state index in [0.717, 1.165) is 31.5 Å². The lowest BCUT2D eigenvalue weighted by atomic mass is 9.76. The Morgan fingerprint density at radius 2 is 1.10 bits per heavy atom. The van der Waals surface area contributed by atoms with E-state index >= 15 is 0 Å². The van der Waals surface area contributed by atoms with Gasteiger partial charge in [-0.25, -0.2) is 0 Å². The number of hydrogen-bond acceptors (Lipinski definition) is 3. The normalized spacial score (nSPS) is 17.6. The Morgan fingerprint density at radius 3 is 1.59 bits per heavy atom. The molecule has 1 heterocycles. The van der Waals surface area contributed by atoms with Gasteiger partial charge in [0.15, 0.2) is 0 Å². The minimum Gasteiger partial charge on any atom is -0.387 e. The van der Waals surface area contributed by atoms with E-state index in [1.165, 1.54) is 6.42 Å². The molecule has 0 aliphatic carbocycles. The van der Waals surface area contributed by atoms with E-state index in [4.69, 9.17) is 0 Å². The zero-order valence-electron chi connectivity index (χ0n) is 16.7. The number of hydrogen-bond donors (Lipinski definition) is 2. The molecular weight excluding hydrogens is 358 g/mol. The largest absolute Gasteiger partial charge is 0.387 e. The van der Waals surface area contributed by atoms with Crippen molar-refractivity contribution in [3.8, 4) is 0 Å². The van der Waals surface area contributed by atoms with Gasteiger partial charge in [0.05, 0.1) is 6.04 Å². The summed E-state index contributed by atoms with van der Waals surface area (Å²) in [5.41, 5.74) is 0.931. The second-order valence-electron chi connectivity index (χ2n) is 7.90. The van der Waals surface area contributed by atoms with Crippen LogP contribution in [0.5, 0.6) is 0 Å². The molecule has 2 atom stereocenters. The van der Waals surface area contributed by atoms with Crippen LogP contribution in [0.25, 0.3) is 0 Å². The predicted molar refractivity (Wildman–Crippen MR) is 116 cm³/mol. The van der Waals surface area contributed by atoms with Crippen molar-refractivity contribution >= 4 is 0 Å². The topological polar surface area (TPSA) is 43.7 Å². The molecule has 3 heteroatoms. The van der Waals surface area contributed by atoms with Crippen LogP contribution in [0.1, 0.15) is 42.0 Å². The summed E-state index contributed by atoms with van der Waals surface area (Å²) in [6.45, 7) is 1.85. The van der Waals surface area contributed by atoms with Crippen LogP contribution in [0.3, 0.4) is 0 Å². The van der Waals surface area contributed by atoms with Gasteiger partial charge in [-0.2, -0.15) is 0 Å². The predicted octanol–water partition coefficient (Wildman–Crippen LogP) is 4.51. The summed E-state index contributed by atoms with van der Waals surface area (Å²) >= 11 is 0. The maximum atomic E-state index is 12.1. The number of benzene rings is 3. The third-order valence-electron chi connectivity index (χ3n) is 6.08. The molecule has 29 heavy (non-hydrogen) atoms. The molecule has 1 saturated heterocycles. The summed E-state index contributed by atoms with van der Waals surface area (Å²) in [6.07, 6.45) is 2.43. The zero-order valence-corrected chi connectivity index (χ0v) is 16.7. The molecule has 0 saturated carbocycles. The van der Waals surface area contributed by atoms with Gasteiger partial charge in [0.25, 0.3) is 0 Å². The van der Waals surface area contributed by atoms with E-state index in [9.17, 15) is 10.2 Å². The van der Waals surface area contributed by atoms with Gasteiger partial charge in [-0.15, -0.1) is 0 Å². The van der Waals surface area contributed by atoms with Crippen molar-refractivity contribution in [2.45, 2.75) is 37.0 Å². The SMILES string of the molecule is O[C@H]([C@H](c1ccccc1)N1CCCCC1)C(O)(c1ccccc1)c1ccccc1. The summed E-state index contributed by atoms with van der Waals surface area (Å²) in [6, 6.07) is 28.9. The van der Waals surface area contributed by atoms with Gasteiger partial charge < -0.3 is 10.2 Å². The van der Waals surface area contributed by atoms with E-state index in [2.05, 4.69) is 17.0 Å². The first-order valence-electron chi connectivity index (χ1n) is 10.5. The Balaban J connectivity index is 1.83. The van der Waals surface area contributed by atoms with Crippen molar-refractivity contribution < 1.29 is 10.2 Å². The molecule has 1 aliphatic rings. The van der Waals surface area contributed by atoms with Crippen LogP contribution in [-0.4, -0.2) is 34.3 Å². The molecular formula is C26H29NO2. The van der Waals surface area contributed by atoms with Crippen LogP contribution in [0.15, 0.2) is 91.0 Å². The van der Waals surface area contributed by atoms with Crippen molar-refractivity contribution in [1.29, 1.82) is 0 Å². The van der Waals surface area contributed by atoms with E-state index < -0.39 is 11.7 Å². The Hall–Kier alpha value is -2.46. The van der Waals surface area contributed by atoms with Crippen LogP contribution in [-0.2, 0) is 5.60 Å². The van der Waals surface area contributed by atoms with Crippen LogP contribution in [0.2, 0.25) is 0 Å². The van der Waals surface area contributed by atoms with Crippen molar-refractivity contribution in [2.75, 3.05) is 13.1 Å². The number of piperidine rings is 1.